The summed E-state index contributed by atoms with van der Waals surface area (Å²) in [6, 6.07) is 6.42. The van der Waals surface area contributed by atoms with Gasteiger partial charge < -0.3 is 5.73 Å². The molecule has 0 saturated heterocycles. The summed E-state index contributed by atoms with van der Waals surface area (Å²) in [4.78, 5) is 0. The summed E-state index contributed by atoms with van der Waals surface area (Å²) in [6.45, 7) is 10.3. The predicted molar refractivity (Wildman–Crippen MR) is 71.5 cm³/mol. The summed E-state index contributed by atoms with van der Waals surface area (Å²) >= 11 is 0. The van der Waals surface area contributed by atoms with Gasteiger partial charge in [0.2, 0.25) is 0 Å². The Bertz CT molecular complexity index is 441. The molecule has 2 unspecified atom stereocenters. The summed E-state index contributed by atoms with van der Waals surface area (Å²) < 4.78 is 0. The van der Waals surface area contributed by atoms with Gasteiger partial charge in [-0.3, -0.25) is 0 Å². The first kappa shape index (κ1) is 13.7. The fraction of sp³-hybridized carbons (Fsp3) is 0.533. The molecule has 1 rings (SSSR count). The lowest BCUT2D eigenvalue weighted by molar-refractivity contribution is 0.402. The lowest BCUT2D eigenvalue weighted by atomic mass is 9.83. The first-order valence-corrected chi connectivity index (χ1v) is 6.11. The van der Waals surface area contributed by atoms with Crippen LogP contribution in [0.4, 0.5) is 0 Å². The zero-order chi connectivity index (χ0) is 13.2. The molecule has 0 bridgehead atoms. The van der Waals surface area contributed by atoms with Crippen LogP contribution in [0.25, 0.3) is 0 Å². The third-order valence-corrected chi connectivity index (χ3v) is 3.50. The molecule has 2 atom stereocenters. The highest BCUT2D eigenvalue weighted by Gasteiger charge is 2.23. The van der Waals surface area contributed by atoms with Crippen LogP contribution in [0.15, 0.2) is 12.1 Å². The third-order valence-electron chi connectivity index (χ3n) is 3.50. The lowest BCUT2D eigenvalue weighted by Gasteiger charge is -2.23. The second kappa shape index (κ2) is 5.33. The van der Waals surface area contributed by atoms with Crippen LogP contribution in [0.1, 0.15) is 42.1 Å². The van der Waals surface area contributed by atoms with Crippen molar-refractivity contribution in [2.24, 2.45) is 17.6 Å². The molecule has 2 N–H and O–H groups in total. The maximum atomic E-state index is 9.21. The molecular weight excluding hydrogens is 208 g/mol. The maximum Gasteiger partial charge on any atom is 0.0679 e. The van der Waals surface area contributed by atoms with Crippen LogP contribution in [-0.2, 0) is 0 Å². The minimum absolute atomic E-state index is 0.129. The van der Waals surface area contributed by atoms with Crippen LogP contribution in [0, 0.1) is 43.9 Å². The van der Waals surface area contributed by atoms with Gasteiger partial charge in [0.05, 0.1) is 12.0 Å². The highest BCUT2D eigenvalue weighted by molar-refractivity contribution is 5.38. The van der Waals surface area contributed by atoms with Gasteiger partial charge in [-0.25, -0.2) is 0 Å². The number of nitrogens with zero attached hydrogens (tertiary/aromatic N) is 1. The topological polar surface area (TPSA) is 49.8 Å². The number of nitriles is 1. The predicted octanol–water partition coefficient (Wildman–Crippen LogP) is 3.41. The van der Waals surface area contributed by atoms with Crippen molar-refractivity contribution in [3.63, 3.8) is 0 Å². The van der Waals surface area contributed by atoms with E-state index in [1.165, 1.54) is 16.7 Å². The molecule has 0 aliphatic heterocycles. The Labute approximate surface area is 104 Å². The monoisotopic (exact) mass is 230 g/mol. The van der Waals surface area contributed by atoms with Crippen LogP contribution in [0.2, 0.25) is 0 Å². The number of nitrogens with two attached hydrogens (primary N) is 1. The SMILES string of the molecule is Cc1cc(C)c(C(N)C(C#N)C(C)C)cc1C. The van der Waals surface area contributed by atoms with E-state index in [1.54, 1.807) is 0 Å². The van der Waals surface area contributed by atoms with E-state index in [0.29, 0.717) is 0 Å². The summed E-state index contributed by atoms with van der Waals surface area (Å²) in [5.41, 5.74) is 11.0. The third kappa shape index (κ3) is 2.87. The maximum absolute atomic E-state index is 9.21. The molecule has 0 heterocycles. The minimum atomic E-state index is -0.195. The molecule has 0 saturated carbocycles. The Kier molecular flexibility index (Phi) is 4.31. The largest absolute Gasteiger partial charge is 0.323 e. The summed E-state index contributed by atoms with van der Waals surface area (Å²) in [7, 11) is 0. The smallest absolute Gasteiger partial charge is 0.0679 e. The summed E-state index contributed by atoms with van der Waals surface area (Å²) in [5, 5.41) is 9.21. The lowest BCUT2D eigenvalue weighted by Crippen LogP contribution is -2.25. The van der Waals surface area contributed by atoms with Crippen molar-refractivity contribution in [2.45, 2.75) is 40.7 Å². The average molecular weight is 230 g/mol. The molecular formula is C15H22N2. The van der Waals surface area contributed by atoms with Gasteiger partial charge in [-0.1, -0.05) is 26.0 Å². The summed E-state index contributed by atoms with van der Waals surface area (Å²) in [6.07, 6.45) is 0. The van der Waals surface area contributed by atoms with E-state index in [2.05, 4.69) is 39.0 Å². The highest BCUT2D eigenvalue weighted by Crippen LogP contribution is 2.29. The fourth-order valence-electron chi connectivity index (χ4n) is 2.18. The molecule has 1 aromatic rings. The fourth-order valence-corrected chi connectivity index (χ4v) is 2.18. The molecule has 92 valence electrons. The van der Waals surface area contributed by atoms with E-state index in [9.17, 15) is 5.26 Å². The van der Waals surface area contributed by atoms with Gasteiger partial charge in [0.15, 0.2) is 0 Å². The van der Waals surface area contributed by atoms with Crippen molar-refractivity contribution in [2.75, 3.05) is 0 Å². The zero-order valence-electron chi connectivity index (χ0n) is 11.4. The molecule has 2 nitrogen and oxygen atoms in total. The van der Waals surface area contributed by atoms with E-state index in [4.69, 9.17) is 5.73 Å². The van der Waals surface area contributed by atoms with E-state index >= 15 is 0 Å². The Morgan fingerprint density at radius 1 is 1.06 bits per heavy atom. The molecule has 0 amide bonds. The Morgan fingerprint density at radius 3 is 2.06 bits per heavy atom. The van der Waals surface area contributed by atoms with Gasteiger partial charge in [0.1, 0.15) is 0 Å². The Morgan fingerprint density at radius 2 is 1.59 bits per heavy atom. The normalized spacial score (nSPS) is 14.5. The first-order valence-electron chi connectivity index (χ1n) is 6.11. The molecule has 0 aromatic heterocycles. The van der Waals surface area contributed by atoms with Crippen LogP contribution in [0.3, 0.4) is 0 Å². The second-order valence-corrected chi connectivity index (χ2v) is 5.22. The Balaban J connectivity index is 3.16. The molecule has 0 fully saturated rings. The van der Waals surface area contributed by atoms with Crippen molar-refractivity contribution in [1.82, 2.24) is 0 Å². The first-order chi connectivity index (χ1) is 7.88. The number of aryl methyl sites for hydroxylation is 3. The molecule has 0 spiro atoms. The van der Waals surface area contributed by atoms with Crippen LogP contribution in [-0.4, -0.2) is 0 Å². The molecule has 1 aromatic carbocycles. The van der Waals surface area contributed by atoms with Gasteiger partial charge >= 0.3 is 0 Å². The quantitative estimate of drug-likeness (QED) is 0.865. The van der Waals surface area contributed by atoms with E-state index in [-0.39, 0.29) is 17.9 Å². The van der Waals surface area contributed by atoms with E-state index < -0.39 is 0 Å². The molecule has 2 heteroatoms. The van der Waals surface area contributed by atoms with Crippen LogP contribution >= 0.6 is 0 Å². The Hall–Kier alpha value is -1.33. The van der Waals surface area contributed by atoms with Crippen LogP contribution in [0.5, 0.6) is 0 Å². The zero-order valence-corrected chi connectivity index (χ0v) is 11.4. The second-order valence-electron chi connectivity index (χ2n) is 5.22. The van der Waals surface area contributed by atoms with Gasteiger partial charge in [0, 0.05) is 6.04 Å². The van der Waals surface area contributed by atoms with E-state index in [0.717, 1.165) is 5.56 Å². The molecule has 0 aliphatic carbocycles. The van der Waals surface area contributed by atoms with Crippen molar-refractivity contribution in [1.29, 1.82) is 5.26 Å². The number of benzene rings is 1. The van der Waals surface area contributed by atoms with Crippen molar-refractivity contribution in [3.8, 4) is 6.07 Å². The van der Waals surface area contributed by atoms with Gasteiger partial charge in [-0.15, -0.1) is 0 Å². The van der Waals surface area contributed by atoms with Crippen molar-refractivity contribution in [3.05, 3.63) is 34.4 Å². The van der Waals surface area contributed by atoms with Crippen molar-refractivity contribution < 1.29 is 0 Å². The van der Waals surface area contributed by atoms with Crippen LogP contribution < -0.4 is 5.73 Å². The average Bonchev–Trinajstić information content (AvgIpc) is 2.23. The molecule has 17 heavy (non-hydrogen) atoms. The number of rotatable bonds is 3. The number of hydrogen-bond acceptors (Lipinski definition) is 2. The molecule has 0 aliphatic rings. The van der Waals surface area contributed by atoms with Gasteiger partial charge in [0.25, 0.3) is 0 Å². The standard InChI is InChI=1S/C15H22N2/c1-9(2)14(8-16)15(17)13-7-11(4)10(3)6-12(13)5/h6-7,9,14-15H,17H2,1-5H3. The van der Waals surface area contributed by atoms with Crippen molar-refractivity contribution >= 4 is 0 Å². The van der Waals surface area contributed by atoms with E-state index in [1.807, 2.05) is 13.8 Å². The minimum Gasteiger partial charge on any atom is -0.323 e. The van der Waals surface area contributed by atoms with Gasteiger partial charge in [-0.05, 0) is 48.9 Å². The molecule has 0 radical (unpaired) electrons. The summed E-state index contributed by atoms with van der Waals surface area (Å²) in [5.74, 6) is 0.145. The highest BCUT2D eigenvalue weighted by atomic mass is 14.7. The number of hydrogen-bond donors (Lipinski definition) is 1. The van der Waals surface area contributed by atoms with Gasteiger partial charge in [-0.2, -0.15) is 5.26 Å².